The largest absolute Gasteiger partial charge is 0.372 e. The Labute approximate surface area is 171 Å². The van der Waals surface area contributed by atoms with Crippen LogP contribution in [0.1, 0.15) is 12.6 Å². The summed E-state index contributed by atoms with van der Waals surface area (Å²) in [6.45, 7) is 4.09. The number of carbonyl (C=O) groups excluding carboxylic acids is 1. The zero-order valence-corrected chi connectivity index (χ0v) is 16.6. The van der Waals surface area contributed by atoms with E-state index in [0.29, 0.717) is 34.3 Å². The van der Waals surface area contributed by atoms with Crippen LogP contribution in [0.4, 0.5) is 5.82 Å². The van der Waals surface area contributed by atoms with E-state index in [-0.39, 0.29) is 12.5 Å². The Balaban J connectivity index is 1.77. The van der Waals surface area contributed by atoms with Gasteiger partial charge in [0.1, 0.15) is 18.8 Å². The van der Waals surface area contributed by atoms with Crippen molar-refractivity contribution in [2.75, 3.05) is 18.5 Å². The fraction of sp³-hybridized carbons (Fsp3) is 0.211. The summed E-state index contributed by atoms with van der Waals surface area (Å²) < 4.78 is 8.40. The maximum atomic E-state index is 12.1. The second-order valence-corrected chi connectivity index (χ2v) is 6.68. The second-order valence-electron chi connectivity index (χ2n) is 6.24. The van der Waals surface area contributed by atoms with E-state index in [1.807, 2.05) is 26.0 Å². The molecule has 1 aromatic carbocycles. The summed E-state index contributed by atoms with van der Waals surface area (Å²) in [6, 6.07) is 9.08. The van der Waals surface area contributed by atoms with Crippen molar-refractivity contribution in [1.29, 1.82) is 0 Å². The molecule has 0 atom stereocenters. The average Bonchev–Trinajstić information content (AvgIpc) is 3.29. The van der Waals surface area contributed by atoms with E-state index in [1.54, 1.807) is 33.8 Å². The summed E-state index contributed by atoms with van der Waals surface area (Å²) in [5.74, 6) is 0.721. The predicted molar refractivity (Wildman–Crippen MR) is 109 cm³/mol. The van der Waals surface area contributed by atoms with Gasteiger partial charge in [0.15, 0.2) is 11.5 Å². The number of aromatic nitrogens is 6. The highest BCUT2D eigenvalue weighted by Gasteiger charge is 2.17. The number of rotatable bonds is 6. The summed E-state index contributed by atoms with van der Waals surface area (Å²) in [6.07, 6.45) is 3.09. The molecule has 0 unspecified atom stereocenters. The molecule has 10 heteroatoms. The Morgan fingerprint density at radius 2 is 2.10 bits per heavy atom. The van der Waals surface area contributed by atoms with Crippen molar-refractivity contribution in [1.82, 2.24) is 29.5 Å². The Morgan fingerprint density at radius 1 is 1.24 bits per heavy atom. The van der Waals surface area contributed by atoms with E-state index in [1.165, 1.54) is 6.33 Å². The highest BCUT2D eigenvalue weighted by atomic mass is 35.5. The minimum absolute atomic E-state index is 0.0351. The van der Waals surface area contributed by atoms with Crippen LogP contribution in [0.5, 0.6) is 0 Å². The lowest BCUT2D eigenvalue weighted by atomic mass is 10.3. The van der Waals surface area contributed by atoms with Crippen molar-refractivity contribution in [3.05, 3.63) is 53.6 Å². The summed E-state index contributed by atoms with van der Waals surface area (Å²) >= 11 is 6.11. The molecule has 0 spiro atoms. The molecule has 29 heavy (non-hydrogen) atoms. The van der Waals surface area contributed by atoms with Crippen LogP contribution in [0.3, 0.4) is 0 Å². The zero-order valence-electron chi connectivity index (χ0n) is 15.8. The molecule has 0 fully saturated rings. The van der Waals surface area contributed by atoms with Gasteiger partial charge >= 0.3 is 0 Å². The third-order valence-electron chi connectivity index (χ3n) is 4.13. The Morgan fingerprint density at radius 3 is 2.90 bits per heavy atom. The van der Waals surface area contributed by atoms with Gasteiger partial charge in [0.05, 0.1) is 23.0 Å². The number of aryl methyl sites for hydroxylation is 1. The Kier molecular flexibility index (Phi) is 5.24. The standard InChI is InChI=1S/C19H18ClN7O2/c1-3-29-10-17(28)24-16-7-12(2)25-27(16)19-15-9-23-26(18(15)21-11-22-19)14-6-4-5-13(20)8-14/h4-9,11H,3,10H2,1-2H3,(H,24,28). The molecule has 148 valence electrons. The van der Waals surface area contributed by atoms with E-state index in [4.69, 9.17) is 16.3 Å². The maximum absolute atomic E-state index is 12.1. The number of benzene rings is 1. The summed E-state index contributed by atoms with van der Waals surface area (Å²) in [7, 11) is 0. The van der Waals surface area contributed by atoms with Crippen LogP contribution in [0, 0.1) is 6.92 Å². The molecule has 0 saturated carbocycles. The highest BCUT2D eigenvalue weighted by Crippen LogP contribution is 2.25. The van der Waals surface area contributed by atoms with Gasteiger partial charge in [0.25, 0.3) is 5.91 Å². The number of amides is 1. The topological polar surface area (TPSA) is 99.8 Å². The number of anilines is 1. The van der Waals surface area contributed by atoms with Crippen molar-refractivity contribution in [3.8, 4) is 11.5 Å². The molecule has 0 radical (unpaired) electrons. The normalized spacial score (nSPS) is 11.1. The van der Waals surface area contributed by atoms with Gasteiger partial charge in [-0.05, 0) is 32.0 Å². The van der Waals surface area contributed by atoms with Crippen LogP contribution in [-0.4, -0.2) is 48.6 Å². The lowest BCUT2D eigenvalue weighted by molar-refractivity contribution is -0.120. The smallest absolute Gasteiger partial charge is 0.251 e. The van der Waals surface area contributed by atoms with Crippen molar-refractivity contribution in [3.63, 3.8) is 0 Å². The van der Waals surface area contributed by atoms with Crippen LogP contribution >= 0.6 is 11.6 Å². The van der Waals surface area contributed by atoms with E-state index in [9.17, 15) is 4.79 Å². The molecule has 3 heterocycles. The molecule has 4 rings (SSSR count). The lowest BCUT2D eigenvalue weighted by Crippen LogP contribution is -2.20. The van der Waals surface area contributed by atoms with Crippen molar-refractivity contribution in [2.24, 2.45) is 0 Å². The number of fused-ring (bicyclic) bond motifs is 1. The van der Waals surface area contributed by atoms with Crippen LogP contribution in [0.2, 0.25) is 5.02 Å². The Bertz CT molecular complexity index is 1180. The van der Waals surface area contributed by atoms with Crippen molar-refractivity contribution in [2.45, 2.75) is 13.8 Å². The average molecular weight is 412 g/mol. The van der Waals surface area contributed by atoms with Gasteiger partial charge in [0, 0.05) is 17.7 Å². The minimum Gasteiger partial charge on any atom is -0.372 e. The summed E-state index contributed by atoms with van der Waals surface area (Å²) in [5.41, 5.74) is 2.10. The van der Waals surface area contributed by atoms with E-state index < -0.39 is 0 Å². The quantitative estimate of drug-likeness (QED) is 0.523. The number of nitrogens with one attached hydrogen (secondary N) is 1. The van der Waals surface area contributed by atoms with Crippen molar-refractivity contribution >= 4 is 34.4 Å². The molecule has 0 bridgehead atoms. The van der Waals surface area contributed by atoms with Crippen LogP contribution in [0.15, 0.2) is 42.9 Å². The Hall–Kier alpha value is -3.30. The number of hydrogen-bond acceptors (Lipinski definition) is 6. The number of nitrogens with zero attached hydrogens (tertiary/aromatic N) is 6. The molecule has 0 aliphatic carbocycles. The minimum atomic E-state index is -0.270. The predicted octanol–water partition coefficient (Wildman–Crippen LogP) is 2.94. The van der Waals surface area contributed by atoms with Crippen molar-refractivity contribution < 1.29 is 9.53 Å². The molecule has 0 aliphatic rings. The molecule has 1 N–H and O–H groups in total. The first-order valence-corrected chi connectivity index (χ1v) is 9.34. The number of hydrogen-bond donors (Lipinski definition) is 1. The third kappa shape index (κ3) is 3.82. The highest BCUT2D eigenvalue weighted by molar-refractivity contribution is 6.30. The molecule has 0 aliphatic heterocycles. The van der Waals surface area contributed by atoms with Crippen LogP contribution < -0.4 is 5.32 Å². The van der Waals surface area contributed by atoms with Gasteiger partial charge < -0.3 is 10.1 Å². The monoisotopic (exact) mass is 411 g/mol. The molecular formula is C19H18ClN7O2. The molecule has 3 aromatic heterocycles. The van der Waals surface area contributed by atoms with Gasteiger partial charge in [-0.3, -0.25) is 4.79 Å². The number of carbonyl (C=O) groups is 1. The molecular weight excluding hydrogens is 394 g/mol. The molecule has 4 aromatic rings. The van der Waals surface area contributed by atoms with E-state index in [0.717, 1.165) is 11.4 Å². The molecule has 0 saturated heterocycles. The van der Waals surface area contributed by atoms with Gasteiger partial charge in [-0.1, -0.05) is 17.7 Å². The molecule has 9 nitrogen and oxygen atoms in total. The first-order valence-electron chi connectivity index (χ1n) is 8.96. The number of halogens is 1. The van der Waals surface area contributed by atoms with Gasteiger partial charge in [-0.25, -0.2) is 14.6 Å². The fourth-order valence-electron chi connectivity index (χ4n) is 2.92. The van der Waals surface area contributed by atoms with Crippen LogP contribution in [-0.2, 0) is 9.53 Å². The number of ether oxygens (including phenoxy) is 1. The van der Waals surface area contributed by atoms with E-state index >= 15 is 0 Å². The van der Waals surface area contributed by atoms with Gasteiger partial charge in [-0.15, -0.1) is 0 Å². The zero-order chi connectivity index (χ0) is 20.4. The first kappa shape index (κ1) is 19.0. The van der Waals surface area contributed by atoms with E-state index in [2.05, 4.69) is 25.5 Å². The maximum Gasteiger partial charge on any atom is 0.251 e. The molecule has 1 amide bonds. The fourth-order valence-corrected chi connectivity index (χ4v) is 3.11. The third-order valence-corrected chi connectivity index (χ3v) is 4.37. The summed E-state index contributed by atoms with van der Waals surface area (Å²) in [4.78, 5) is 20.9. The van der Waals surface area contributed by atoms with Gasteiger partial charge in [-0.2, -0.15) is 14.9 Å². The lowest BCUT2D eigenvalue weighted by Gasteiger charge is -2.09. The second kappa shape index (κ2) is 7.98. The summed E-state index contributed by atoms with van der Waals surface area (Å²) in [5, 5.41) is 13.0. The van der Waals surface area contributed by atoms with Gasteiger partial charge in [0.2, 0.25) is 0 Å². The SMILES string of the molecule is CCOCC(=O)Nc1cc(C)nn1-c1ncnc2c1cnn2-c1cccc(Cl)c1. The van der Waals surface area contributed by atoms with Crippen LogP contribution in [0.25, 0.3) is 22.5 Å². The first-order chi connectivity index (χ1) is 14.1.